The van der Waals surface area contributed by atoms with Gasteiger partial charge in [0.15, 0.2) is 11.6 Å². The molecule has 21 heteroatoms. The van der Waals surface area contributed by atoms with Crippen molar-refractivity contribution in [3.05, 3.63) is 129 Å². The van der Waals surface area contributed by atoms with Crippen molar-refractivity contribution in [2.75, 3.05) is 46.2 Å². The molecule has 3 unspecified atom stereocenters. The summed E-state index contributed by atoms with van der Waals surface area (Å²) in [6.07, 6.45) is 0.851. The topological polar surface area (TPSA) is 218 Å². The Morgan fingerprint density at radius 1 is 0.577 bits per heavy atom. The van der Waals surface area contributed by atoms with Crippen molar-refractivity contribution in [3.63, 3.8) is 0 Å². The molecule has 5 rings (SSSR count). The molecule has 0 heterocycles. The molecule has 4 amide bonds. The van der Waals surface area contributed by atoms with E-state index in [1.54, 1.807) is 43.3 Å². The van der Waals surface area contributed by atoms with E-state index in [9.17, 15) is 28.8 Å². The third-order valence-corrected chi connectivity index (χ3v) is 11.7. The summed E-state index contributed by atoms with van der Waals surface area (Å²) in [6.45, 7) is 8.43. The number of carbonyl (C=O) groups is 6. The first kappa shape index (κ1) is 55.5. The van der Waals surface area contributed by atoms with Gasteiger partial charge < -0.3 is 30.7 Å². The Hall–Kier alpha value is -6.43. The number of nitrogens with zero attached hydrogens (tertiary/aromatic N) is 4. The second-order valence-corrected chi connectivity index (χ2v) is 17.5. The van der Waals surface area contributed by atoms with Crippen LogP contribution in [0.2, 0.25) is 10.0 Å². The van der Waals surface area contributed by atoms with Gasteiger partial charge in [-0.25, -0.2) is 0 Å². The fourth-order valence-electron chi connectivity index (χ4n) is 6.95. The van der Waals surface area contributed by atoms with Crippen LogP contribution in [0.5, 0.6) is 11.5 Å². The molecule has 0 aromatic heterocycles. The zero-order valence-electron chi connectivity index (χ0n) is 39.1. The summed E-state index contributed by atoms with van der Waals surface area (Å²) < 4.78 is 11.4. The first-order valence-electron chi connectivity index (χ1n) is 22.1. The van der Waals surface area contributed by atoms with Crippen molar-refractivity contribution in [2.45, 2.75) is 64.9 Å². The van der Waals surface area contributed by atoms with Gasteiger partial charge in [-0.05, 0) is 120 Å². The van der Waals surface area contributed by atoms with Crippen LogP contribution in [-0.4, -0.2) is 72.3 Å². The largest absolute Gasteiger partial charge is 0.494 e. The third kappa shape index (κ3) is 14.6. The van der Waals surface area contributed by atoms with Crippen LogP contribution in [0.3, 0.4) is 0 Å². The molecule has 0 radical (unpaired) electrons. The molecule has 0 aliphatic carbocycles. The van der Waals surface area contributed by atoms with Crippen LogP contribution in [0, 0.1) is 0 Å². The van der Waals surface area contributed by atoms with Crippen molar-refractivity contribution >= 4 is 127 Å². The Kier molecular flexibility index (Phi) is 20.9. The lowest BCUT2D eigenvalue weighted by Crippen LogP contribution is -2.32. The van der Waals surface area contributed by atoms with E-state index in [1.807, 2.05) is 13.8 Å². The van der Waals surface area contributed by atoms with E-state index in [0.717, 1.165) is 13.8 Å². The number of nitrogens with one attached hydrogen (secondary N) is 4. The zero-order valence-corrected chi connectivity index (χ0v) is 42.9. The molecular weight excluding hydrogens is 1020 g/mol. The number of amides is 4. The van der Waals surface area contributed by atoms with E-state index in [0.29, 0.717) is 65.6 Å². The summed E-state index contributed by atoms with van der Waals surface area (Å²) in [7, 11) is 0. The number of alkyl halides is 3. The molecule has 0 aliphatic heterocycles. The first-order valence-corrected chi connectivity index (χ1v) is 24.3. The van der Waals surface area contributed by atoms with Gasteiger partial charge in [0.05, 0.1) is 39.8 Å². The van der Waals surface area contributed by atoms with E-state index in [4.69, 9.17) is 67.5 Å². The molecule has 3 atom stereocenters. The van der Waals surface area contributed by atoms with Gasteiger partial charge in [-0.1, -0.05) is 47.5 Å². The van der Waals surface area contributed by atoms with Crippen LogP contribution < -0.4 is 30.7 Å². The summed E-state index contributed by atoms with van der Waals surface area (Å²) in [6, 6.07) is 20.4. The van der Waals surface area contributed by atoms with Gasteiger partial charge in [0, 0.05) is 45.6 Å². The smallest absolute Gasteiger partial charge is 0.258 e. The maximum Gasteiger partial charge on any atom is 0.258 e. The molecule has 4 N–H and O–H groups in total. The van der Waals surface area contributed by atoms with E-state index in [-0.39, 0.29) is 55.7 Å². The van der Waals surface area contributed by atoms with Crippen LogP contribution in [0.25, 0.3) is 0 Å². The predicted octanol–water partition coefficient (Wildman–Crippen LogP) is 12.5. The fraction of sp³-hybridized carbons (Fsp3) is 0.280. The summed E-state index contributed by atoms with van der Waals surface area (Å²) >= 11 is 31.9. The van der Waals surface area contributed by atoms with Crippen LogP contribution >= 0.6 is 58.0 Å². The Bertz CT molecular complexity index is 2860. The van der Waals surface area contributed by atoms with Gasteiger partial charge >= 0.3 is 0 Å². The Morgan fingerprint density at radius 2 is 1.01 bits per heavy atom. The van der Waals surface area contributed by atoms with Crippen LogP contribution in [0.4, 0.5) is 34.1 Å². The summed E-state index contributed by atoms with van der Waals surface area (Å²) in [4.78, 5) is 79.6. The van der Waals surface area contributed by atoms with E-state index in [1.165, 1.54) is 54.6 Å². The predicted molar refractivity (Wildman–Crippen MR) is 279 cm³/mol. The number of azo groups is 2. The van der Waals surface area contributed by atoms with Crippen molar-refractivity contribution in [3.8, 4) is 11.5 Å². The number of ketones is 2. The molecule has 0 aliphatic rings. The zero-order chi connectivity index (χ0) is 51.8. The summed E-state index contributed by atoms with van der Waals surface area (Å²) in [5.41, 5.74) is 3.18. The number of Topliss-reactive ketones (excluding diaryl/α,β-unsaturated/α-hetero) is 2. The minimum Gasteiger partial charge on any atom is -0.494 e. The third-order valence-electron chi connectivity index (χ3n) is 10.3. The fourth-order valence-corrected chi connectivity index (χ4v) is 8.01. The summed E-state index contributed by atoms with van der Waals surface area (Å²) in [5.74, 6) is -2.44. The highest BCUT2D eigenvalue weighted by atomic mass is 35.5. The minimum atomic E-state index is -1.65. The molecule has 5 aromatic rings. The van der Waals surface area contributed by atoms with Crippen LogP contribution in [0.1, 0.15) is 77.4 Å². The number of halogens is 5. The molecule has 16 nitrogen and oxygen atoms in total. The maximum atomic E-state index is 13.6. The van der Waals surface area contributed by atoms with Gasteiger partial charge in [0.1, 0.15) is 22.9 Å². The number of ether oxygens (including phenoxy) is 2. The van der Waals surface area contributed by atoms with Crippen molar-refractivity contribution < 1.29 is 38.2 Å². The van der Waals surface area contributed by atoms with Gasteiger partial charge in [-0.3, -0.25) is 28.8 Å². The second-order valence-electron chi connectivity index (χ2n) is 15.3. The van der Waals surface area contributed by atoms with E-state index < -0.39 is 52.7 Å². The van der Waals surface area contributed by atoms with Gasteiger partial charge in [-0.15, -0.1) is 34.8 Å². The van der Waals surface area contributed by atoms with Crippen LogP contribution in [0.15, 0.2) is 111 Å². The standard InChI is InChI=1S/C50H49Cl5N8O8/c1-6-70-41-18-10-14-36(31(41)22-24-51)57-47(66)33-12-8-16-39(43(33)54)60-62-45(28(4)64)49(68)56-30-20-21-38(35(26-30)27(3)53)59-50(69)46(29(5)65)63-61-40-17-9-13-34(44(40)55)48(67)58-37-15-11-19-42(71-7-2)32(37)23-25-52/h8-21,26-27,45-46H,6-7,22-25H2,1-5H3,(H,56,68)(H,57,66)(H,58,67)(H,59,69). The lowest BCUT2D eigenvalue weighted by Gasteiger charge is -2.17. The Balaban J connectivity index is 1.29. The molecule has 0 fully saturated rings. The van der Waals surface area contributed by atoms with Gasteiger partial charge in [-0.2, -0.15) is 20.5 Å². The second kappa shape index (κ2) is 26.7. The SMILES string of the molecule is CCOc1cccc(NC(=O)c2cccc(N=NC(C(C)=O)C(=O)Nc3ccc(NC(=O)C(N=Nc4cccc(C(=O)Nc5cccc(OCC)c5CCCl)c4Cl)C(C)=O)c(C(C)Cl)c3)c2Cl)c1CCCl. The number of benzene rings is 5. The number of rotatable bonds is 23. The Labute approximate surface area is 435 Å². The monoisotopic (exact) mass is 1060 g/mol. The van der Waals surface area contributed by atoms with Crippen molar-refractivity contribution in [1.29, 1.82) is 0 Å². The van der Waals surface area contributed by atoms with E-state index >= 15 is 0 Å². The highest BCUT2D eigenvalue weighted by Gasteiger charge is 2.27. The molecule has 71 heavy (non-hydrogen) atoms. The highest BCUT2D eigenvalue weighted by Crippen LogP contribution is 2.35. The minimum absolute atomic E-state index is 0.0120. The van der Waals surface area contributed by atoms with Gasteiger partial charge in [0.25, 0.3) is 23.6 Å². The number of hydrogen-bond acceptors (Lipinski definition) is 12. The molecule has 0 saturated heterocycles. The number of anilines is 4. The molecule has 0 spiro atoms. The van der Waals surface area contributed by atoms with Crippen molar-refractivity contribution in [2.24, 2.45) is 20.5 Å². The lowest BCUT2D eigenvalue weighted by atomic mass is 10.1. The summed E-state index contributed by atoms with van der Waals surface area (Å²) in [5, 5.41) is 26.2. The van der Waals surface area contributed by atoms with Gasteiger partial charge in [0.2, 0.25) is 12.1 Å². The van der Waals surface area contributed by atoms with Crippen molar-refractivity contribution in [1.82, 2.24) is 0 Å². The first-order chi connectivity index (χ1) is 34.0. The highest BCUT2D eigenvalue weighted by molar-refractivity contribution is 6.37. The average molecular weight is 1070 g/mol. The number of carbonyl (C=O) groups excluding carboxylic acids is 6. The quantitative estimate of drug-likeness (QED) is 0.0279. The molecule has 0 bridgehead atoms. The molecule has 0 saturated carbocycles. The molecule has 5 aromatic carbocycles. The lowest BCUT2D eigenvalue weighted by molar-refractivity contribution is -0.127. The normalized spacial score (nSPS) is 12.5. The maximum absolute atomic E-state index is 13.6. The molecular formula is C50H49Cl5N8O8. The number of hydrogen-bond donors (Lipinski definition) is 4. The average Bonchev–Trinajstić information content (AvgIpc) is 3.32. The van der Waals surface area contributed by atoms with E-state index in [2.05, 4.69) is 41.7 Å². The Morgan fingerprint density at radius 3 is 1.42 bits per heavy atom. The van der Waals surface area contributed by atoms with Crippen LogP contribution in [-0.2, 0) is 32.0 Å². The molecule has 372 valence electrons.